The molecule has 1 heterocycles. The van der Waals surface area contributed by atoms with E-state index in [0.717, 1.165) is 0 Å². The molecule has 0 bridgehead atoms. The Morgan fingerprint density at radius 3 is 2.94 bits per heavy atom. The third-order valence-electron chi connectivity index (χ3n) is 2.12. The molecule has 2 N–H and O–H groups in total. The van der Waals surface area contributed by atoms with Gasteiger partial charge in [0.2, 0.25) is 0 Å². The number of benzene rings is 1. The van der Waals surface area contributed by atoms with Gasteiger partial charge in [0, 0.05) is 0 Å². The number of nitrogens with zero attached hydrogens (tertiary/aromatic N) is 2. The van der Waals surface area contributed by atoms with Crippen LogP contribution in [0.5, 0.6) is 0 Å². The third kappa shape index (κ3) is 2.51. The van der Waals surface area contributed by atoms with E-state index in [4.69, 9.17) is 14.9 Å². The van der Waals surface area contributed by atoms with E-state index < -0.39 is 0 Å². The second kappa shape index (κ2) is 4.96. The van der Waals surface area contributed by atoms with Crippen LogP contribution in [-0.4, -0.2) is 11.0 Å². The minimum Gasteiger partial charge on any atom is -0.472 e. The molecule has 0 aliphatic rings. The molecule has 5 heteroatoms. The summed E-state index contributed by atoms with van der Waals surface area (Å²) in [7, 11) is 0. The zero-order chi connectivity index (χ0) is 12.1. The average molecular weight is 227 g/mol. The molecule has 2 rings (SSSR count). The van der Waals surface area contributed by atoms with Crippen LogP contribution in [0.25, 0.3) is 0 Å². The molecule has 0 fully saturated rings. The summed E-state index contributed by atoms with van der Waals surface area (Å²) >= 11 is 0. The molecule has 0 radical (unpaired) electrons. The highest BCUT2D eigenvalue weighted by Gasteiger charge is 2.04. The van der Waals surface area contributed by atoms with Gasteiger partial charge in [0.05, 0.1) is 29.1 Å². The molecule has 0 atom stereocenters. The minimum atomic E-state index is 0.258. The van der Waals surface area contributed by atoms with Gasteiger partial charge in [-0.25, -0.2) is 4.99 Å². The summed E-state index contributed by atoms with van der Waals surface area (Å²) < 4.78 is 4.90. The number of rotatable bonds is 2. The van der Waals surface area contributed by atoms with Gasteiger partial charge in [0.25, 0.3) is 0 Å². The lowest BCUT2D eigenvalue weighted by Gasteiger charge is -2.01. The predicted octanol–water partition coefficient (Wildman–Crippen LogP) is 2.21. The van der Waals surface area contributed by atoms with Gasteiger partial charge in [0.1, 0.15) is 6.26 Å². The molecule has 2 aromatic rings. The maximum atomic E-state index is 9.00. The second-order valence-electron chi connectivity index (χ2n) is 3.25. The highest BCUT2D eigenvalue weighted by atomic mass is 16.5. The topological polar surface area (TPSA) is 81.5 Å². The summed E-state index contributed by atoms with van der Waals surface area (Å²) in [6.07, 6.45) is 2.93. The van der Waals surface area contributed by atoms with E-state index >= 15 is 0 Å². The van der Waals surface area contributed by atoms with Crippen LogP contribution in [0, 0.1) is 11.3 Å². The lowest BCUT2D eigenvalue weighted by Crippen LogP contribution is -2.19. The molecule has 0 saturated heterocycles. The Labute approximate surface area is 97.6 Å². The fraction of sp³-hybridized carbons (Fsp3) is 0. The standard InChI is InChI=1S/C12H9N3O2/c13-7-9-2-1-3-11(6-9)14-12(15-16)10-4-5-17-8-10/h1-6,8,16H,(H,14,15). The van der Waals surface area contributed by atoms with Crippen LogP contribution in [0.2, 0.25) is 0 Å². The first-order chi connectivity index (χ1) is 8.33. The molecule has 0 spiro atoms. The number of nitrogens with one attached hydrogen (secondary N) is 1. The number of nitriles is 1. The van der Waals surface area contributed by atoms with Gasteiger partial charge in [-0.15, -0.1) is 0 Å². The highest BCUT2D eigenvalue weighted by Crippen LogP contribution is 2.15. The fourth-order valence-corrected chi connectivity index (χ4v) is 1.33. The van der Waals surface area contributed by atoms with Gasteiger partial charge < -0.3 is 4.42 Å². The first-order valence-corrected chi connectivity index (χ1v) is 4.85. The molecule has 17 heavy (non-hydrogen) atoms. The van der Waals surface area contributed by atoms with Gasteiger partial charge in [-0.2, -0.15) is 5.26 Å². The summed E-state index contributed by atoms with van der Waals surface area (Å²) in [5, 5.41) is 17.8. The summed E-state index contributed by atoms with van der Waals surface area (Å²) in [5.74, 6) is 0.258. The number of hydrogen-bond donors (Lipinski definition) is 2. The Morgan fingerprint density at radius 2 is 2.29 bits per heavy atom. The number of amidine groups is 1. The zero-order valence-corrected chi connectivity index (χ0v) is 8.79. The van der Waals surface area contributed by atoms with Crippen LogP contribution in [0.3, 0.4) is 0 Å². The van der Waals surface area contributed by atoms with Crippen LogP contribution in [0.1, 0.15) is 11.1 Å². The van der Waals surface area contributed by atoms with Crippen LogP contribution in [-0.2, 0) is 0 Å². The molecule has 0 aliphatic heterocycles. The van der Waals surface area contributed by atoms with E-state index in [1.54, 1.807) is 30.3 Å². The van der Waals surface area contributed by atoms with Gasteiger partial charge in [0.15, 0.2) is 5.84 Å². The SMILES string of the molecule is N#Cc1cccc(N=C(NO)c2ccoc2)c1. The van der Waals surface area contributed by atoms with Crippen molar-refractivity contribution in [2.45, 2.75) is 0 Å². The molecule has 84 valence electrons. The molecule has 0 saturated carbocycles. The molecule has 5 nitrogen and oxygen atoms in total. The van der Waals surface area contributed by atoms with Gasteiger partial charge in [-0.1, -0.05) is 6.07 Å². The van der Waals surface area contributed by atoms with Crippen molar-refractivity contribution in [1.29, 1.82) is 5.26 Å². The van der Waals surface area contributed by atoms with Gasteiger partial charge >= 0.3 is 0 Å². The summed E-state index contributed by atoms with van der Waals surface area (Å²) in [4.78, 5) is 4.17. The van der Waals surface area contributed by atoms with Crippen molar-refractivity contribution >= 4 is 11.5 Å². The zero-order valence-electron chi connectivity index (χ0n) is 8.79. The molecule has 0 amide bonds. The normalized spacial score (nSPS) is 10.9. The minimum absolute atomic E-state index is 0.258. The quantitative estimate of drug-likeness (QED) is 0.468. The fourth-order valence-electron chi connectivity index (χ4n) is 1.33. The van der Waals surface area contributed by atoms with E-state index in [1.165, 1.54) is 12.5 Å². The highest BCUT2D eigenvalue weighted by molar-refractivity contribution is 5.99. The van der Waals surface area contributed by atoms with Gasteiger partial charge in [-0.05, 0) is 24.3 Å². The van der Waals surface area contributed by atoms with E-state index in [-0.39, 0.29) is 5.84 Å². The van der Waals surface area contributed by atoms with Gasteiger partial charge in [-0.3, -0.25) is 10.7 Å². The molecule has 1 aromatic carbocycles. The summed E-state index contributed by atoms with van der Waals surface area (Å²) in [5.41, 5.74) is 3.70. The average Bonchev–Trinajstić information content (AvgIpc) is 2.90. The maximum absolute atomic E-state index is 9.00. The van der Waals surface area contributed by atoms with Crippen molar-refractivity contribution in [2.24, 2.45) is 4.99 Å². The van der Waals surface area contributed by atoms with E-state index in [1.807, 2.05) is 11.5 Å². The molecule has 0 aliphatic carbocycles. The predicted molar refractivity (Wildman–Crippen MR) is 61.0 cm³/mol. The lowest BCUT2D eigenvalue weighted by molar-refractivity contribution is 0.235. The van der Waals surface area contributed by atoms with Crippen LogP contribution >= 0.6 is 0 Å². The number of furan rings is 1. The van der Waals surface area contributed by atoms with E-state index in [9.17, 15) is 0 Å². The number of hydrogen-bond acceptors (Lipinski definition) is 4. The second-order valence-corrected chi connectivity index (χ2v) is 3.25. The molecular weight excluding hydrogens is 218 g/mol. The Hall–Kier alpha value is -2.58. The first kappa shape index (κ1) is 10.9. The maximum Gasteiger partial charge on any atom is 0.160 e. The van der Waals surface area contributed by atoms with E-state index in [2.05, 4.69) is 4.99 Å². The van der Waals surface area contributed by atoms with Crippen molar-refractivity contribution in [3.63, 3.8) is 0 Å². The van der Waals surface area contributed by atoms with Crippen molar-refractivity contribution in [3.8, 4) is 6.07 Å². The molecular formula is C12H9N3O2. The first-order valence-electron chi connectivity index (χ1n) is 4.85. The summed E-state index contributed by atoms with van der Waals surface area (Å²) in [6.45, 7) is 0. The van der Waals surface area contributed by atoms with Crippen molar-refractivity contribution in [1.82, 2.24) is 5.48 Å². The monoisotopic (exact) mass is 227 g/mol. The van der Waals surface area contributed by atoms with Crippen molar-refractivity contribution in [3.05, 3.63) is 54.0 Å². The Morgan fingerprint density at radius 1 is 1.41 bits per heavy atom. The van der Waals surface area contributed by atoms with Crippen molar-refractivity contribution in [2.75, 3.05) is 0 Å². The third-order valence-corrected chi connectivity index (χ3v) is 2.12. The van der Waals surface area contributed by atoms with E-state index in [0.29, 0.717) is 16.8 Å². The number of hydroxylamine groups is 1. The Balaban J connectivity index is 2.37. The van der Waals surface area contributed by atoms with Crippen molar-refractivity contribution < 1.29 is 9.62 Å². The van der Waals surface area contributed by atoms with Crippen LogP contribution < -0.4 is 5.48 Å². The Kier molecular flexibility index (Phi) is 3.19. The Bertz CT molecular complexity index is 568. The lowest BCUT2D eigenvalue weighted by atomic mass is 10.2. The van der Waals surface area contributed by atoms with Crippen LogP contribution in [0.15, 0.2) is 52.3 Å². The smallest absolute Gasteiger partial charge is 0.160 e. The molecule has 0 unspecified atom stereocenters. The summed E-state index contributed by atoms with van der Waals surface area (Å²) in [6, 6.07) is 10.4. The van der Waals surface area contributed by atoms with Crippen LogP contribution in [0.4, 0.5) is 5.69 Å². The molecule has 1 aromatic heterocycles. The largest absolute Gasteiger partial charge is 0.472 e. The number of aliphatic imine (C=N–C) groups is 1.